The standard InChI is InChI=1S/C27H24N2O2S/c30-23-16-19(17-7-2-1-3-8-17)15-21-25(23)26(24-11-6-14-32-24)29(27(31)18-12-13-18)22-10-5-4-9-20(22)28-21/h1-11,14,18-19,25-26H,12-13,15-16H2/t19-,25?,26+/m0/s1. The third-order valence-corrected chi connectivity index (χ3v) is 7.82. The molecule has 3 aliphatic rings. The number of para-hydroxylation sites is 2. The van der Waals surface area contributed by atoms with Crippen molar-refractivity contribution in [3.8, 4) is 0 Å². The molecule has 0 spiro atoms. The van der Waals surface area contributed by atoms with E-state index in [1.165, 1.54) is 5.56 Å². The summed E-state index contributed by atoms with van der Waals surface area (Å²) >= 11 is 1.62. The molecule has 0 N–H and O–H groups in total. The quantitative estimate of drug-likeness (QED) is 0.495. The van der Waals surface area contributed by atoms with E-state index in [1.807, 2.05) is 58.8 Å². The van der Waals surface area contributed by atoms with Crippen molar-refractivity contribution >= 4 is 40.1 Å². The fourth-order valence-electron chi connectivity index (χ4n) is 5.19. The van der Waals surface area contributed by atoms with Crippen molar-refractivity contribution in [2.45, 2.75) is 37.6 Å². The van der Waals surface area contributed by atoms with Crippen LogP contribution in [0.1, 0.15) is 48.1 Å². The number of thiophene rings is 1. The zero-order valence-electron chi connectivity index (χ0n) is 17.7. The van der Waals surface area contributed by atoms with Crippen molar-refractivity contribution in [3.05, 3.63) is 82.6 Å². The minimum atomic E-state index is -0.399. The van der Waals surface area contributed by atoms with Gasteiger partial charge in [0.05, 0.1) is 23.3 Å². The van der Waals surface area contributed by atoms with Gasteiger partial charge in [-0.3, -0.25) is 14.6 Å². The molecule has 0 radical (unpaired) electrons. The van der Waals surface area contributed by atoms with Gasteiger partial charge >= 0.3 is 0 Å². The first kappa shape index (κ1) is 19.6. The number of amides is 1. The van der Waals surface area contributed by atoms with E-state index in [4.69, 9.17) is 4.99 Å². The second-order valence-electron chi connectivity index (χ2n) is 8.99. The molecule has 160 valence electrons. The van der Waals surface area contributed by atoms with Crippen LogP contribution in [0.3, 0.4) is 0 Å². The van der Waals surface area contributed by atoms with Gasteiger partial charge in [0.1, 0.15) is 5.78 Å². The van der Waals surface area contributed by atoms with E-state index >= 15 is 0 Å². The lowest BCUT2D eigenvalue weighted by molar-refractivity contribution is -0.123. The molecule has 3 atom stereocenters. The Balaban J connectivity index is 1.51. The molecule has 6 rings (SSSR count). The van der Waals surface area contributed by atoms with Gasteiger partial charge in [0.25, 0.3) is 0 Å². The minimum absolute atomic E-state index is 0.0582. The zero-order chi connectivity index (χ0) is 21.7. The maximum absolute atomic E-state index is 13.8. The van der Waals surface area contributed by atoms with E-state index in [1.54, 1.807) is 11.3 Å². The fraction of sp³-hybridized carbons (Fsp3) is 0.296. The van der Waals surface area contributed by atoms with Crippen LogP contribution in [0.15, 0.2) is 77.1 Å². The van der Waals surface area contributed by atoms with Crippen molar-refractivity contribution in [1.82, 2.24) is 0 Å². The predicted molar refractivity (Wildman–Crippen MR) is 128 cm³/mol. The first-order valence-electron chi connectivity index (χ1n) is 11.3. The molecule has 3 aromatic rings. The van der Waals surface area contributed by atoms with Crippen molar-refractivity contribution in [1.29, 1.82) is 0 Å². The average Bonchev–Trinajstić information content (AvgIpc) is 3.56. The SMILES string of the molecule is O=C1C[C@@H](c2ccccc2)CC2=Nc3ccccc3N(C(=O)C3CC3)[C@H](c3cccs3)C12. The number of Topliss-reactive ketones (excluding diaryl/α,β-unsaturated/α-hetero) is 1. The Morgan fingerprint density at radius 2 is 1.72 bits per heavy atom. The lowest BCUT2D eigenvalue weighted by Gasteiger charge is -2.38. The molecule has 4 nitrogen and oxygen atoms in total. The highest BCUT2D eigenvalue weighted by Crippen LogP contribution is 2.49. The van der Waals surface area contributed by atoms with Gasteiger partial charge in [0, 0.05) is 22.9 Å². The smallest absolute Gasteiger partial charge is 0.230 e. The number of carbonyl (C=O) groups excluding carboxylic acids is 2. The van der Waals surface area contributed by atoms with Crippen LogP contribution in [0.5, 0.6) is 0 Å². The highest BCUT2D eigenvalue weighted by atomic mass is 32.1. The van der Waals surface area contributed by atoms with Crippen LogP contribution < -0.4 is 4.90 Å². The number of carbonyl (C=O) groups is 2. The molecule has 1 unspecified atom stereocenters. The van der Waals surface area contributed by atoms with E-state index in [-0.39, 0.29) is 29.6 Å². The summed E-state index contributed by atoms with van der Waals surface area (Å²) in [6.45, 7) is 0. The molecule has 2 aliphatic carbocycles. The summed E-state index contributed by atoms with van der Waals surface area (Å²) in [7, 11) is 0. The van der Waals surface area contributed by atoms with E-state index in [2.05, 4.69) is 18.2 Å². The number of ketones is 1. The number of nitrogens with zero attached hydrogens (tertiary/aromatic N) is 2. The summed E-state index contributed by atoms with van der Waals surface area (Å²) in [6.07, 6.45) is 3.08. The average molecular weight is 441 g/mol. The van der Waals surface area contributed by atoms with E-state index in [9.17, 15) is 9.59 Å². The van der Waals surface area contributed by atoms with E-state index < -0.39 is 5.92 Å². The number of fused-ring (bicyclic) bond motifs is 2. The van der Waals surface area contributed by atoms with Gasteiger partial charge in [-0.25, -0.2) is 0 Å². The Morgan fingerprint density at radius 3 is 2.47 bits per heavy atom. The van der Waals surface area contributed by atoms with Gasteiger partial charge in [0.15, 0.2) is 0 Å². The molecule has 0 saturated heterocycles. The number of benzene rings is 2. The van der Waals surface area contributed by atoms with Crippen molar-refractivity contribution in [2.75, 3.05) is 4.90 Å². The fourth-order valence-corrected chi connectivity index (χ4v) is 6.04. The summed E-state index contributed by atoms with van der Waals surface area (Å²) in [5, 5.41) is 2.03. The maximum Gasteiger partial charge on any atom is 0.230 e. The maximum atomic E-state index is 13.8. The summed E-state index contributed by atoms with van der Waals surface area (Å²) < 4.78 is 0. The first-order valence-corrected chi connectivity index (χ1v) is 12.2. The van der Waals surface area contributed by atoms with Crippen molar-refractivity contribution in [3.63, 3.8) is 0 Å². The van der Waals surface area contributed by atoms with Crippen molar-refractivity contribution in [2.24, 2.45) is 16.8 Å². The Hall–Kier alpha value is -3.05. The molecule has 1 aliphatic heterocycles. The molecular formula is C27H24N2O2S. The third-order valence-electron chi connectivity index (χ3n) is 6.88. The molecule has 2 aromatic carbocycles. The largest absolute Gasteiger partial charge is 0.301 e. The molecule has 2 saturated carbocycles. The summed E-state index contributed by atoms with van der Waals surface area (Å²) in [4.78, 5) is 35.4. The Kier molecular flexibility index (Phi) is 4.80. The lowest BCUT2D eigenvalue weighted by atomic mass is 9.73. The van der Waals surface area contributed by atoms with Crippen LogP contribution >= 0.6 is 11.3 Å². The monoisotopic (exact) mass is 440 g/mol. The van der Waals surface area contributed by atoms with Gasteiger partial charge in [-0.2, -0.15) is 0 Å². The summed E-state index contributed by atoms with van der Waals surface area (Å²) in [5.74, 6) is 0.0982. The molecule has 2 heterocycles. The second kappa shape index (κ2) is 7.82. The number of hydrogen-bond donors (Lipinski definition) is 0. The van der Waals surface area contributed by atoms with Crippen LogP contribution in [0.4, 0.5) is 11.4 Å². The van der Waals surface area contributed by atoms with Crippen molar-refractivity contribution < 1.29 is 9.59 Å². The highest BCUT2D eigenvalue weighted by molar-refractivity contribution is 7.10. The van der Waals surface area contributed by atoms with E-state index in [0.29, 0.717) is 6.42 Å². The van der Waals surface area contributed by atoms with Crippen LogP contribution in [-0.4, -0.2) is 17.4 Å². The Labute approximate surface area is 191 Å². The molecular weight excluding hydrogens is 416 g/mol. The van der Waals surface area contributed by atoms with E-state index in [0.717, 1.165) is 41.2 Å². The van der Waals surface area contributed by atoms with Gasteiger partial charge in [0.2, 0.25) is 5.91 Å². The summed E-state index contributed by atoms with van der Waals surface area (Å²) in [5.41, 5.74) is 3.71. The topological polar surface area (TPSA) is 49.7 Å². The molecule has 5 heteroatoms. The Bertz CT molecular complexity index is 1200. The highest BCUT2D eigenvalue weighted by Gasteiger charge is 2.48. The molecule has 1 amide bonds. The zero-order valence-corrected chi connectivity index (χ0v) is 18.5. The van der Waals surface area contributed by atoms with Gasteiger partial charge in [-0.15, -0.1) is 11.3 Å². The molecule has 32 heavy (non-hydrogen) atoms. The van der Waals surface area contributed by atoms with Crippen LogP contribution in [-0.2, 0) is 9.59 Å². The van der Waals surface area contributed by atoms with Gasteiger partial charge in [-0.1, -0.05) is 48.5 Å². The third kappa shape index (κ3) is 3.32. The first-order chi connectivity index (χ1) is 15.7. The number of hydrogen-bond acceptors (Lipinski definition) is 4. The number of anilines is 1. The molecule has 1 aromatic heterocycles. The van der Waals surface area contributed by atoms with Crippen LogP contribution in [0, 0.1) is 11.8 Å². The normalized spacial score (nSPS) is 24.9. The number of rotatable bonds is 3. The van der Waals surface area contributed by atoms with Gasteiger partial charge < -0.3 is 4.90 Å². The van der Waals surface area contributed by atoms with Gasteiger partial charge in [-0.05, 0) is 54.3 Å². The minimum Gasteiger partial charge on any atom is -0.301 e. The Morgan fingerprint density at radius 1 is 0.938 bits per heavy atom. The van der Waals surface area contributed by atoms with Crippen LogP contribution in [0.2, 0.25) is 0 Å². The lowest BCUT2D eigenvalue weighted by Crippen LogP contribution is -2.45. The molecule has 0 bridgehead atoms. The predicted octanol–water partition coefficient (Wildman–Crippen LogP) is 6.08. The second-order valence-corrected chi connectivity index (χ2v) is 9.97. The summed E-state index contributed by atoms with van der Waals surface area (Å²) in [6, 6.07) is 21.9. The number of aliphatic imine (C=N–C) groups is 1. The molecule has 2 fully saturated rings. The van der Waals surface area contributed by atoms with Crippen LogP contribution in [0.25, 0.3) is 0 Å².